The molecule has 0 unspecified atom stereocenters. The van der Waals surface area contributed by atoms with E-state index in [0.717, 1.165) is 35.5 Å². The van der Waals surface area contributed by atoms with Gasteiger partial charge in [0, 0.05) is 17.2 Å². The number of carbonyl (C=O) groups is 3. The number of nitrogens with zero attached hydrogens (tertiary/aromatic N) is 1. The number of ketones is 1. The smallest absolute Gasteiger partial charge is 0.335 e. The first-order chi connectivity index (χ1) is 13.0. The highest BCUT2D eigenvalue weighted by molar-refractivity contribution is 7.99. The fourth-order valence-corrected chi connectivity index (χ4v) is 3.95. The highest BCUT2D eigenvalue weighted by atomic mass is 32.2. The number of aromatic carboxylic acids is 1. The highest BCUT2D eigenvalue weighted by Gasteiger charge is 2.35. The van der Waals surface area contributed by atoms with Crippen molar-refractivity contribution in [2.45, 2.75) is 31.1 Å². The number of hydrogen-bond donors (Lipinski definition) is 1. The van der Waals surface area contributed by atoms with Gasteiger partial charge < -0.3 is 10.0 Å². The molecule has 0 fully saturated rings. The molecule has 0 atom stereocenters. The number of amides is 1. The summed E-state index contributed by atoms with van der Waals surface area (Å²) in [5.74, 6) is -0.986. The summed E-state index contributed by atoms with van der Waals surface area (Å²) < 4.78 is 0. The molecule has 1 N–H and O–H groups in total. The van der Waals surface area contributed by atoms with Crippen LogP contribution in [0.1, 0.15) is 46.0 Å². The maximum absolute atomic E-state index is 12.3. The Labute approximate surface area is 162 Å². The third kappa shape index (κ3) is 4.22. The van der Waals surface area contributed by atoms with E-state index in [9.17, 15) is 14.4 Å². The van der Waals surface area contributed by atoms with Crippen molar-refractivity contribution < 1.29 is 19.5 Å². The van der Waals surface area contributed by atoms with Crippen LogP contribution in [0.15, 0.2) is 47.4 Å². The molecule has 5 nitrogen and oxygen atoms in total. The van der Waals surface area contributed by atoms with Gasteiger partial charge in [-0.2, -0.15) is 0 Å². The summed E-state index contributed by atoms with van der Waals surface area (Å²) >= 11 is 1.62. The van der Waals surface area contributed by atoms with Gasteiger partial charge in [0.15, 0.2) is 0 Å². The molecule has 2 aromatic rings. The fraction of sp³-hybridized carbons (Fsp3) is 0.286. The standard InChI is InChI=1S/C21H21NO4S/c1-2-3-11-22-18-9-8-16(13-17(18)19(23)20(22)24)27-12-10-14-4-6-15(7-5-14)21(25)26/h4-9,13H,2-3,10-12H2,1H3,(H,25,26). The van der Waals surface area contributed by atoms with Crippen LogP contribution in [-0.2, 0) is 11.2 Å². The molecule has 6 heteroatoms. The molecule has 1 aliphatic heterocycles. The Kier molecular flexibility index (Phi) is 5.96. The zero-order valence-corrected chi connectivity index (χ0v) is 15.9. The molecule has 0 radical (unpaired) electrons. The number of carboxylic acids is 1. The van der Waals surface area contributed by atoms with Crippen molar-refractivity contribution in [1.29, 1.82) is 0 Å². The van der Waals surface area contributed by atoms with Crippen LogP contribution in [0.25, 0.3) is 0 Å². The van der Waals surface area contributed by atoms with Gasteiger partial charge in [0.25, 0.3) is 11.7 Å². The molecule has 1 heterocycles. The Morgan fingerprint density at radius 2 is 1.85 bits per heavy atom. The van der Waals surface area contributed by atoms with E-state index in [1.807, 2.05) is 24.3 Å². The fourth-order valence-electron chi connectivity index (χ4n) is 3.01. The summed E-state index contributed by atoms with van der Waals surface area (Å²) in [6, 6.07) is 12.5. The zero-order chi connectivity index (χ0) is 19.4. The Morgan fingerprint density at radius 3 is 2.52 bits per heavy atom. The van der Waals surface area contributed by atoms with Crippen LogP contribution in [0.3, 0.4) is 0 Å². The van der Waals surface area contributed by atoms with E-state index < -0.39 is 17.7 Å². The van der Waals surface area contributed by atoms with Gasteiger partial charge in [-0.15, -0.1) is 11.8 Å². The summed E-state index contributed by atoms with van der Waals surface area (Å²) in [6.07, 6.45) is 2.63. The van der Waals surface area contributed by atoms with Gasteiger partial charge in [-0.05, 0) is 48.7 Å². The van der Waals surface area contributed by atoms with E-state index >= 15 is 0 Å². The lowest BCUT2D eigenvalue weighted by Gasteiger charge is -2.16. The number of thioether (sulfide) groups is 1. The summed E-state index contributed by atoms with van der Waals surface area (Å²) in [4.78, 5) is 37.8. The second-order valence-corrected chi connectivity index (χ2v) is 7.59. The average Bonchev–Trinajstić information content (AvgIpc) is 2.91. The van der Waals surface area contributed by atoms with Gasteiger partial charge in [0.05, 0.1) is 16.8 Å². The van der Waals surface area contributed by atoms with E-state index in [-0.39, 0.29) is 5.56 Å². The van der Waals surface area contributed by atoms with E-state index in [2.05, 4.69) is 6.92 Å². The maximum Gasteiger partial charge on any atom is 0.335 e. The van der Waals surface area contributed by atoms with Crippen molar-refractivity contribution in [3.63, 3.8) is 0 Å². The molecule has 1 amide bonds. The van der Waals surface area contributed by atoms with E-state index in [1.165, 1.54) is 0 Å². The lowest BCUT2D eigenvalue weighted by atomic mass is 10.1. The van der Waals surface area contributed by atoms with Crippen LogP contribution in [0, 0.1) is 0 Å². The molecule has 0 spiro atoms. The number of carboxylic acid groups (broad SMARTS) is 1. The largest absolute Gasteiger partial charge is 0.478 e. The zero-order valence-electron chi connectivity index (χ0n) is 15.1. The van der Waals surface area contributed by atoms with Crippen LogP contribution in [0.4, 0.5) is 5.69 Å². The SMILES string of the molecule is CCCCN1C(=O)C(=O)c2cc(SCCc3ccc(C(=O)O)cc3)ccc21. The molecule has 0 saturated heterocycles. The van der Waals surface area contributed by atoms with Crippen molar-refractivity contribution in [3.05, 3.63) is 59.2 Å². The van der Waals surface area contributed by atoms with Crippen LogP contribution in [-0.4, -0.2) is 35.1 Å². The van der Waals surface area contributed by atoms with E-state index in [1.54, 1.807) is 34.9 Å². The predicted molar refractivity (Wildman–Crippen MR) is 106 cm³/mol. The first kappa shape index (κ1) is 19.2. The first-order valence-corrected chi connectivity index (χ1v) is 9.95. The number of Topliss-reactive ketones (excluding diaryl/α,β-unsaturated/α-hetero) is 1. The third-order valence-corrected chi connectivity index (χ3v) is 5.53. The van der Waals surface area contributed by atoms with Crippen molar-refractivity contribution in [2.75, 3.05) is 17.2 Å². The topological polar surface area (TPSA) is 74.7 Å². The summed E-state index contributed by atoms with van der Waals surface area (Å²) in [7, 11) is 0. The number of hydrogen-bond acceptors (Lipinski definition) is 4. The molecule has 1 aliphatic rings. The van der Waals surface area contributed by atoms with Crippen molar-refractivity contribution in [3.8, 4) is 0 Å². The van der Waals surface area contributed by atoms with Crippen LogP contribution in [0.5, 0.6) is 0 Å². The third-order valence-electron chi connectivity index (χ3n) is 4.54. The van der Waals surface area contributed by atoms with Gasteiger partial charge in [0.1, 0.15) is 0 Å². The molecule has 0 saturated carbocycles. The first-order valence-electron chi connectivity index (χ1n) is 8.96. The molecule has 2 aromatic carbocycles. The highest BCUT2D eigenvalue weighted by Crippen LogP contribution is 2.33. The minimum Gasteiger partial charge on any atom is -0.478 e. The second kappa shape index (κ2) is 8.39. The summed E-state index contributed by atoms with van der Waals surface area (Å²) in [6.45, 7) is 2.63. The van der Waals surface area contributed by atoms with Gasteiger partial charge in [-0.3, -0.25) is 9.59 Å². The Morgan fingerprint density at radius 1 is 1.11 bits per heavy atom. The number of anilines is 1. The predicted octanol–water partition coefficient (Wildman–Crippen LogP) is 4.05. The molecule has 140 valence electrons. The Bertz CT molecular complexity index is 876. The van der Waals surface area contributed by atoms with Gasteiger partial charge in [-0.1, -0.05) is 25.5 Å². The summed E-state index contributed by atoms with van der Waals surface area (Å²) in [5, 5.41) is 8.92. The maximum atomic E-state index is 12.3. The minimum absolute atomic E-state index is 0.279. The lowest BCUT2D eigenvalue weighted by molar-refractivity contribution is -0.114. The van der Waals surface area contributed by atoms with Crippen LogP contribution < -0.4 is 4.90 Å². The van der Waals surface area contributed by atoms with E-state index in [4.69, 9.17) is 5.11 Å². The molecule has 0 aromatic heterocycles. The number of fused-ring (bicyclic) bond motifs is 1. The number of unbranched alkanes of at least 4 members (excludes halogenated alkanes) is 1. The normalized spacial score (nSPS) is 13.1. The number of rotatable bonds is 8. The minimum atomic E-state index is -0.929. The molecule has 27 heavy (non-hydrogen) atoms. The molecule has 3 rings (SSSR count). The average molecular weight is 383 g/mol. The Hall–Kier alpha value is -2.60. The monoisotopic (exact) mass is 383 g/mol. The number of aryl methyl sites for hydroxylation is 1. The number of carbonyl (C=O) groups excluding carboxylic acids is 2. The molecular weight excluding hydrogens is 362 g/mol. The van der Waals surface area contributed by atoms with Gasteiger partial charge in [0.2, 0.25) is 0 Å². The van der Waals surface area contributed by atoms with Crippen molar-refractivity contribution >= 4 is 35.1 Å². The molecule has 0 bridgehead atoms. The molecular formula is C21H21NO4S. The van der Waals surface area contributed by atoms with Crippen molar-refractivity contribution in [2.24, 2.45) is 0 Å². The van der Waals surface area contributed by atoms with Crippen LogP contribution >= 0.6 is 11.8 Å². The summed E-state index contributed by atoms with van der Waals surface area (Å²) in [5.41, 5.74) is 2.55. The quantitative estimate of drug-likeness (QED) is 0.550. The second-order valence-electron chi connectivity index (χ2n) is 6.42. The number of benzene rings is 2. The van der Waals surface area contributed by atoms with E-state index in [0.29, 0.717) is 17.8 Å². The lowest BCUT2D eigenvalue weighted by Crippen LogP contribution is -2.30. The van der Waals surface area contributed by atoms with Gasteiger partial charge >= 0.3 is 5.97 Å². The van der Waals surface area contributed by atoms with Crippen LogP contribution in [0.2, 0.25) is 0 Å². The molecule has 0 aliphatic carbocycles. The van der Waals surface area contributed by atoms with Gasteiger partial charge in [-0.25, -0.2) is 4.79 Å². The Balaban J connectivity index is 1.63. The van der Waals surface area contributed by atoms with Crippen molar-refractivity contribution in [1.82, 2.24) is 0 Å².